The molecule has 3 aromatic rings. The number of nitrogens with zero attached hydrogens (tertiary/aromatic N) is 1. The maximum absolute atomic E-state index is 13.7. The highest BCUT2D eigenvalue weighted by Gasteiger charge is 2.34. The maximum Gasteiger partial charge on any atom is 0.417 e. The summed E-state index contributed by atoms with van der Waals surface area (Å²) >= 11 is 0. The molecule has 0 aromatic heterocycles. The van der Waals surface area contributed by atoms with E-state index in [9.17, 15) is 18.0 Å². The highest BCUT2D eigenvalue weighted by molar-refractivity contribution is 5.69. The zero-order valence-corrected chi connectivity index (χ0v) is 19.3. The van der Waals surface area contributed by atoms with Gasteiger partial charge in [-0.1, -0.05) is 60.7 Å². The summed E-state index contributed by atoms with van der Waals surface area (Å²) in [6.07, 6.45) is -2.37. The molecule has 1 saturated heterocycles. The van der Waals surface area contributed by atoms with Gasteiger partial charge in [-0.2, -0.15) is 13.2 Å². The van der Waals surface area contributed by atoms with Gasteiger partial charge in [0.2, 0.25) is 0 Å². The first kappa shape index (κ1) is 24.8. The van der Waals surface area contributed by atoms with Crippen molar-refractivity contribution in [2.75, 3.05) is 19.6 Å². The molecule has 0 amide bonds. The van der Waals surface area contributed by atoms with E-state index in [0.717, 1.165) is 37.6 Å². The SMILES string of the molecule is O=C(O)CCN1CCC(c2ccc(COc3ccc(-c4ccccc4)c(C(F)(F)F)c3)cc2)CC1. The van der Waals surface area contributed by atoms with Crippen LogP contribution in [0.15, 0.2) is 72.8 Å². The van der Waals surface area contributed by atoms with Crippen LogP contribution in [0.5, 0.6) is 5.75 Å². The third kappa shape index (κ3) is 6.63. The van der Waals surface area contributed by atoms with Crippen LogP contribution in [-0.2, 0) is 17.6 Å². The van der Waals surface area contributed by atoms with E-state index in [2.05, 4.69) is 17.0 Å². The van der Waals surface area contributed by atoms with E-state index in [4.69, 9.17) is 9.84 Å². The molecule has 1 aliphatic heterocycles. The minimum absolute atomic E-state index is 0.129. The molecule has 0 radical (unpaired) electrons. The summed E-state index contributed by atoms with van der Waals surface area (Å²) in [6, 6.07) is 20.6. The van der Waals surface area contributed by atoms with E-state index < -0.39 is 17.7 Å². The van der Waals surface area contributed by atoms with E-state index in [1.165, 1.54) is 11.6 Å². The fourth-order valence-electron chi connectivity index (χ4n) is 4.51. The second kappa shape index (κ2) is 11.0. The Labute approximate surface area is 203 Å². The van der Waals surface area contributed by atoms with E-state index in [1.807, 2.05) is 12.1 Å². The molecule has 0 bridgehead atoms. The van der Waals surface area contributed by atoms with Gasteiger partial charge in [0.25, 0.3) is 0 Å². The third-order valence-electron chi connectivity index (χ3n) is 6.47. The Balaban J connectivity index is 1.37. The first-order chi connectivity index (χ1) is 16.8. The molecule has 0 saturated carbocycles. The Hall–Kier alpha value is -3.32. The average Bonchev–Trinajstić information content (AvgIpc) is 2.87. The summed E-state index contributed by atoms with van der Waals surface area (Å²) in [7, 11) is 0. The second-order valence-corrected chi connectivity index (χ2v) is 8.86. The third-order valence-corrected chi connectivity index (χ3v) is 6.47. The van der Waals surface area contributed by atoms with Gasteiger partial charge in [-0.05, 0) is 66.2 Å². The fraction of sp³-hybridized carbons (Fsp3) is 0.321. The van der Waals surface area contributed by atoms with Gasteiger partial charge >= 0.3 is 12.1 Å². The number of hydrogen-bond acceptors (Lipinski definition) is 3. The molecule has 0 atom stereocenters. The first-order valence-electron chi connectivity index (χ1n) is 11.7. The summed E-state index contributed by atoms with van der Waals surface area (Å²) in [6.45, 7) is 2.52. The number of carboxylic acid groups (broad SMARTS) is 1. The zero-order chi connectivity index (χ0) is 24.8. The molecule has 1 heterocycles. The summed E-state index contributed by atoms with van der Waals surface area (Å²) in [5.41, 5.74) is 2.02. The molecule has 4 nitrogen and oxygen atoms in total. The van der Waals surface area contributed by atoms with Gasteiger partial charge in [-0.25, -0.2) is 0 Å². The minimum atomic E-state index is -4.49. The number of alkyl halides is 3. The number of benzene rings is 3. The van der Waals surface area contributed by atoms with Gasteiger partial charge in [-0.15, -0.1) is 0 Å². The van der Waals surface area contributed by atoms with Crippen molar-refractivity contribution in [3.63, 3.8) is 0 Å². The van der Waals surface area contributed by atoms with Crippen molar-refractivity contribution in [1.29, 1.82) is 0 Å². The topological polar surface area (TPSA) is 49.8 Å². The number of ether oxygens (including phenoxy) is 1. The Kier molecular flexibility index (Phi) is 7.76. The van der Waals surface area contributed by atoms with Crippen molar-refractivity contribution in [3.05, 3.63) is 89.5 Å². The monoisotopic (exact) mass is 483 g/mol. The first-order valence-corrected chi connectivity index (χ1v) is 11.7. The van der Waals surface area contributed by atoms with E-state index in [0.29, 0.717) is 18.0 Å². The lowest BCUT2D eigenvalue weighted by Crippen LogP contribution is -2.34. The number of carboxylic acids is 1. The van der Waals surface area contributed by atoms with Crippen molar-refractivity contribution >= 4 is 5.97 Å². The summed E-state index contributed by atoms with van der Waals surface area (Å²) in [5.74, 6) is -0.174. The minimum Gasteiger partial charge on any atom is -0.489 e. The molecular formula is C28H28F3NO3. The summed E-state index contributed by atoms with van der Waals surface area (Å²) in [4.78, 5) is 12.9. The predicted molar refractivity (Wildman–Crippen MR) is 128 cm³/mol. The second-order valence-electron chi connectivity index (χ2n) is 8.86. The van der Waals surface area contributed by atoms with Crippen LogP contribution in [0.1, 0.15) is 41.9 Å². The Bertz CT molecular complexity index is 1120. The van der Waals surface area contributed by atoms with Crippen molar-refractivity contribution < 1.29 is 27.8 Å². The normalized spacial score (nSPS) is 15.2. The van der Waals surface area contributed by atoms with Crippen LogP contribution in [0, 0.1) is 0 Å². The lowest BCUT2D eigenvalue weighted by molar-refractivity contribution is -0.138. The smallest absolute Gasteiger partial charge is 0.417 e. The number of piperidine rings is 1. The van der Waals surface area contributed by atoms with Crippen LogP contribution in [0.2, 0.25) is 0 Å². The van der Waals surface area contributed by atoms with Crippen molar-refractivity contribution in [1.82, 2.24) is 4.90 Å². The molecule has 7 heteroatoms. The number of carbonyl (C=O) groups is 1. The molecule has 0 aliphatic carbocycles. The largest absolute Gasteiger partial charge is 0.489 e. The molecule has 0 unspecified atom stereocenters. The summed E-state index contributed by atoms with van der Waals surface area (Å²) in [5, 5.41) is 8.84. The highest BCUT2D eigenvalue weighted by atomic mass is 19.4. The average molecular weight is 484 g/mol. The molecule has 4 rings (SSSR count). The quantitative estimate of drug-likeness (QED) is 0.392. The number of rotatable bonds is 8. The van der Waals surface area contributed by atoms with Crippen LogP contribution in [-0.4, -0.2) is 35.6 Å². The van der Waals surface area contributed by atoms with Crippen LogP contribution < -0.4 is 4.74 Å². The van der Waals surface area contributed by atoms with Gasteiger partial charge in [-0.3, -0.25) is 4.79 Å². The summed E-state index contributed by atoms with van der Waals surface area (Å²) < 4.78 is 46.9. The van der Waals surface area contributed by atoms with Crippen molar-refractivity contribution in [2.45, 2.75) is 38.0 Å². The van der Waals surface area contributed by atoms with E-state index in [1.54, 1.807) is 36.4 Å². The lowest BCUT2D eigenvalue weighted by atomic mass is 9.89. The Morgan fingerprint density at radius 1 is 0.971 bits per heavy atom. The molecule has 3 aromatic carbocycles. The van der Waals surface area contributed by atoms with Gasteiger partial charge in [0, 0.05) is 6.54 Å². The maximum atomic E-state index is 13.7. The standard InChI is InChI=1S/C28H28F3NO3/c29-28(30,31)26-18-24(10-11-25(26)23-4-2-1-3-5-23)35-19-20-6-8-21(9-7-20)22-12-15-32(16-13-22)17-14-27(33)34/h1-11,18,22H,12-17,19H2,(H,33,34). The molecule has 1 aliphatic rings. The molecule has 0 spiro atoms. The van der Waals surface area contributed by atoms with Crippen LogP contribution >= 0.6 is 0 Å². The van der Waals surface area contributed by atoms with Crippen molar-refractivity contribution in [3.8, 4) is 16.9 Å². The predicted octanol–water partition coefficient (Wildman–Crippen LogP) is 6.61. The van der Waals surface area contributed by atoms with Gasteiger partial charge < -0.3 is 14.7 Å². The van der Waals surface area contributed by atoms with E-state index >= 15 is 0 Å². The van der Waals surface area contributed by atoms with Crippen LogP contribution in [0.4, 0.5) is 13.2 Å². The molecule has 184 valence electrons. The highest BCUT2D eigenvalue weighted by Crippen LogP contribution is 2.39. The number of likely N-dealkylation sites (tertiary alicyclic amines) is 1. The van der Waals surface area contributed by atoms with Gasteiger partial charge in [0.05, 0.1) is 12.0 Å². The molecule has 1 fully saturated rings. The zero-order valence-electron chi connectivity index (χ0n) is 19.3. The van der Waals surface area contributed by atoms with E-state index in [-0.39, 0.29) is 24.3 Å². The Morgan fingerprint density at radius 2 is 1.66 bits per heavy atom. The fourth-order valence-corrected chi connectivity index (χ4v) is 4.51. The number of hydrogen-bond donors (Lipinski definition) is 1. The van der Waals surface area contributed by atoms with Crippen LogP contribution in [0.3, 0.4) is 0 Å². The Morgan fingerprint density at radius 3 is 2.29 bits per heavy atom. The van der Waals surface area contributed by atoms with Gasteiger partial charge in [0.1, 0.15) is 12.4 Å². The van der Waals surface area contributed by atoms with Gasteiger partial charge in [0.15, 0.2) is 0 Å². The number of halogens is 3. The molecule has 35 heavy (non-hydrogen) atoms. The van der Waals surface area contributed by atoms with Crippen molar-refractivity contribution in [2.24, 2.45) is 0 Å². The molecule has 1 N–H and O–H groups in total. The molecular weight excluding hydrogens is 455 g/mol. The van der Waals surface area contributed by atoms with Crippen LogP contribution in [0.25, 0.3) is 11.1 Å². The number of aliphatic carboxylic acids is 1. The lowest BCUT2D eigenvalue weighted by Gasteiger charge is -2.31.